The topological polar surface area (TPSA) is 83.2 Å². The number of unbranched alkanes of at least 4 members (excludes halogenated alkanes) is 2. The van der Waals surface area contributed by atoms with Crippen LogP contribution in [-0.2, 0) is 4.79 Å². The van der Waals surface area contributed by atoms with Gasteiger partial charge in [-0.15, -0.1) is 23.1 Å². The normalized spacial score (nSPS) is 10.8. The molecule has 3 rings (SSSR count). The first-order chi connectivity index (χ1) is 14.2. The SMILES string of the molecule is COc1ccc2[nH]c(C(=O)NCCCCCNC(=O)CSc3cccs3)cc2c1. The van der Waals surface area contributed by atoms with E-state index in [0.717, 1.165) is 40.1 Å². The molecule has 6 nitrogen and oxygen atoms in total. The minimum absolute atomic E-state index is 0.0622. The fraction of sp³-hybridized carbons (Fsp3) is 0.333. The Labute approximate surface area is 178 Å². The van der Waals surface area contributed by atoms with Crippen molar-refractivity contribution in [3.05, 3.63) is 47.5 Å². The van der Waals surface area contributed by atoms with Gasteiger partial charge in [0.2, 0.25) is 5.91 Å². The molecule has 0 aliphatic rings. The summed E-state index contributed by atoms with van der Waals surface area (Å²) in [6.07, 6.45) is 2.72. The molecule has 3 aromatic rings. The summed E-state index contributed by atoms with van der Waals surface area (Å²) >= 11 is 3.21. The number of thiophene rings is 1. The van der Waals surface area contributed by atoms with Crippen LogP contribution in [0.2, 0.25) is 0 Å². The summed E-state index contributed by atoms with van der Waals surface area (Å²) in [6.45, 7) is 1.28. The van der Waals surface area contributed by atoms with Gasteiger partial charge in [-0.05, 0) is 55.0 Å². The highest BCUT2D eigenvalue weighted by molar-refractivity contribution is 8.01. The number of fused-ring (bicyclic) bond motifs is 1. The van der Waals surface area contributed by atoms with E-state index in [1.54, 1.807) is 30.2 Å². The fourth-order valence-corrected chi connectivity index (χ4v) is 4.46. The Kier molecular flexibility index (Phi) is 8.01. The van der Waals surface area contributed by atoms with Crippen molar-refractivity contribution in [1.82, 2.24) is 15.6 Å². The summed E-state index contributed by atoms with van der Waals surface area (Å²) in [5, 5.41) is 8.83. The van der Waals surface area contributed by atoms with Crippen molar-refractivity contribution in [2.75, 3.05) is 26.0 Å². The third-order valence-electron chi connectivity index (χ3n) is 4.37. The van der Waals surface area contributed by atoms with E-state index in [-0.39, 0.29) is 11.8 Å². The lowest BCUT2D eigenvalue weighted by Crippen LogP contribution is -2.27. The molecule has 2 amide bonds. The smallest absolute Gasteiger partial charge is 0.267 e. The number of hydrogen-bond acceptors (Lipinski definition) is 5. The lowest BCUT2D eigenvalue weighted by molar-refractivity contribution is -0.118. The second-order valence-corrected chi connectivity index (χ2v) is 8.75. The quantitative estimate of drug-likeness (QED) is 0.316. The third-order valence-corrected chi connectivity index (χ3v) is 6.51. The Hall–Kier alpha value is -2.45. The van der Waals surface area contributed by atoms with Crippen molar-refractivity contribution in [2.45, 2.75) is 23.5 Å². The van der Waals surface area contributed by atoms with Gasteiger partial charge in [-0.3, -0.25) is 9.59 Å². The molecule has 0 fully saturated rings. The van der Waals surface area contributed by atoms with Crippen LogP contribution in [0.15, 0.2) is 46.0 Å². The van der Waals surface area contributed by atoms with Crippen LogP contribution in [0.4, 0.5) is 0 Å². The van der Waals surface area contributed by atoms with Crippen LogP contribution in [0.25, 0.3) is 10.9 Å². The first-order valence-electron chi connectivity index (χ1n) is 9.53. The number of ether oxygens (including phenoxy) is 1. The van der Waals surface area contributed by atoms with Gasteiger partial charge in [-0.1, -0.05) is 6.07 Å². The van der Waals surface area contributed by atoms with Crippen LogP contribution in [-0.4, -0.2) is 42.8 Å². The Bertz CT molecular complexity index is 938. The zero-order valence-electron chi connectivity index (χ0n) is 16.3. The minimum atomic E-state index is -0.112. The highest BCUT2D eigenvalue weighted by Crippen LogP contribution is 2.23. The number of rotatable bonds is 11. The van der Waals surface area contributed by atoms with Crippen LogP contribution in [0.3, 0.4) is 0 Å². The molecule has 0 saturated carbocycles. The van der Waals surface area contributed by atoms with Crippen molar-refractivity contribution < 1.29 is 14.3 Å². The lowest BCUT2D eigenvalue weighted by atomic mass is 10.2. The highest BCUT2D eigenvalue weighted by Gasteiger charge is 2.09. The zero-order valence-corrected chi connectivity index (χ0v) is 18.0. The molecular weight excluding hydrogens is 406 g/mol. The van der Waals surface area contributed by atoms with Gasteiger partial charge in [0.1, 0.15) is 11.4 Å². The summed E-state index contributed by atoms with van der Waals surface area (Å²) in [5.41, 5.74) is 1.45. The Balaban J connectivity index is 1.27. The predicted octanol–water partition coefficient (Wildman–Crippen LogP) is 4.05. The molecule has 29 heavy (non-hydrogen) atoms. The van der Waals surface area contributed by atoms with Crippen LogP contribution in [0.1, 0.15) is 29.8 Å². The monoisotopic (exact) mass is 431 g/mol. The largest absolute Gasteiger partial charge is 0.497 e. The summed E-state index contributed by atoms with van der Waals surface area (Å²) in [5.74, 6) is 1.17. The maximum Gasteiger partial charge on any atom is 0.267 e. The van der Waals surface area contributed by atoms with E-state index < -0.39 is 0 Å². The van der Waals surface area contributed by atoms with Gasteiger partial charge in [0.15, 0.2) is 0 Å². The number of thioether (sulfide) groups is 1. The summed E-state index contributed by atoms with van der Waals surface area (Å²) in [6, 6.07) is 11.5. The van der Waals surface area contributed by atoms with Crippen LogP contribution in [0, 0.1) is 0 Å². The van der Waals surface area contributed by atoms with Crippen molar-refractivity contribution in [2.24, 2.45) is 0 Å². The number of methoxy groups -OCH3 is 1. The molecule has 0 bridgehead atoms. The van der Waals surface area contributed by atoms with Gasteiger partial charge >= 0.3 is 0 Å². The molecule has 0 aliphatic heterocycles. The second kappa shape index (κ2) is 10.9. The molecule has 0 aliphatic carbocycles. The van der Waals surface area contributed by atoms with Crippen molar-refractivity contribution >= 4 is 45.8 Å². The van der Waals surface area contributed by atoms with Crippen molar-refractivity contribution in [1.29, 1.82) is 0 Å². The predicted molar refractivity (Wildman–Crippen MR) is 119 cm³/mol. The van der Waals surface area contributed by atoms with E-state index in [1.807, 2.05) is 41.8 Å². The molecular formula is C21H25N3O3S2. The van der Waals surface area contributed by atoms with Crippen molar-refractivity contribution in [3.63, 3.8) is 0 Å². The number of H-pyrrole nitrogens is 1. The number of hydrogen-bond donors (Lipinski definition) is 3. The molecule has 1 aromatic carbocycles. The van der Waals surface area contributed by atoms with Crippen LogP contribution in [0.5, 0.6) is 5.75 Å². The van der Waals surface area contributed by atoms with Gasteiger partial charge < -0.3 is 20.4 Å². The van der Waals surface area contributed by atoms with E-state index in [0.29, 0.717) is 24.5 Å². The molecule has 0 radical (unpaired) electrons. The number of aromatic amines is 1. The standard InChI is InChI=1S/C21H25N3O3S2/c1-27-16-7-8-17-15(12-16)13-18(24-17)21(26)23-10-4-2-3-9-22-19(25)14-29-20-6-5-11-28-20/h5-8,11-13,24H,2-4,9-10,14H2,1H3,(H,22,25)(H,23,26). The maximum atomic E-state index is 12.3. The van der Waals surface area contributed by atoms with Gasteiger partial charge in [0, 0.05) is 24.0 Å². The van der Waals surface area contributed by atoms with E-state index in [9.17, 15) is 9.59 Å². The van der Waals surface area contributed by atoms with Gasteiger partial charge in [0.05, 0.1) is 17.1 Å². The first kappa shape index (κ1) is 21.3. The van der Waals surface area contributed by atoms with E-state index in [1.165, 1.54) is 0 Å². The molecule has 0 unspecified atom stereocenters. The highest BCUT2D eigenvalue weighted by atomic mass is 32.2. The Morgan fingerprint density at radius 1 is 1.10 bits per heavy atom. The number of amides is 2. The molecule has 154 valence electrons. The Morgan fingerprint density at radius 2 is 1.93 bits per heavy atom. The van der Waals surface area contributed by atoms with Crippen molar-refractivity contribution in [3.8, 4) is 5.75 Å². The molecule has 0 spiro atoms. The number of carbonyl (C=O) groups excluding carboxylic acids is 2. The maximum absolute atomic E-state index is 12.3. The molecule has 0 saturated heterocycles. The first-order valence-corrected chi connectivity index (χ1v) is 11.4. The lowest BCUT2D eigenvalue weighted by Gasteiger charge is -2.06. The molecule has 2 aromatic heterocycles. The summed E-state index contributed by atoms with van der Waals surface area (Å²) in [4.78, 5) is 27.2. The number of benzene rings is 1. The minimum Gasteiger partial charge on any atom is -0.497 e. The third kappa shape index (κ3) is 6.54. The molecule has 8 heteroatoms. The summed E-state index contributed by atoms with van der Waals surface area (Å²) < 4.78 is 6.36. The molecule has 3 N–H and O–H groups in total. The average molecular weight is 432 g/mol. The van der Waals surface area contributed by atoms with Gasteiger partial charge in [0.25, 0.3) is 5.91 Å². The van der Waals surface area contributed by atoms with Crippen LogP contribution < -0.4 is 15.4 Å². The zero-order chi connectivity index (χ0) is 20.5. The van der Waals surface area contributed by atoms with E-state index in [4.69, 9.17) is 4.74 Å². The number of nitrogens with one attached hydrogen (secondary N) is 3. The number of carbonyl (C=O) groups is 2. The molecule has 2 heterocycles. The summed E-state index contributed by atoms with van der Waals surface area (Å²) in [7, 11) is 1.62. The molecule has 0 atom stereocenters. The number of aromatic nitrogens is 1. The van der Waals surface area contributed by atoms with Gasteiger partial charge in [-0.25, -0.2) is 0 Å². The fourth-order valence-electron chi connectivity index (χ4n) is 2.85. The van der Waals surface area contributed by atoms with E-state index in [2.05, 4.69) is 15.6 Å². The van der Waals surface area contributed by atoms with E-state index >= 15 is 0 Å². The van der Waals surface area contributed by atoms with Gasteiger partial charge in [-0.2, -0.15) is 0 Å². The van der Waals surface area contributed by atoms with Crippen LogP contribution >= 0.6 is 23.1 Å². The second-order valence-electron chi connectivity index (χ2n) is 6.52. The average Bonchev–Trinajstić information content (AvgIpc) is 3.40. The Morgan fingerprint density at radius 3 is 2.69 bits per heavy atom.